The smallest absolute Gasteiger partial charge is 0.246 e. The van der Waals surface area contributed by atoms with E-state index in [2.05, 4.69) is 11.9 Å². The molecule has 1 aliphatic heterocycles. The molecule has 1 rings (SSSR count). The summed E-state index contributed by atoms with van der Waals surface area (Å²) in [7, 11) is 0. The second kappa shape index (κ2) is 4.42. The van der Waals surface area contributed by atoms with E-state index in [0.29, 0.717) is 5.57 Å². The Morgan fingerprint density at radius 3 is 2.85 bits per heavy atom. The van der Waals surface area contributed by atoms with E-state index in [1.54, 1.807) is 6.92 Å². The minimum absolute atomic E-state index is 0.0806. The lowest BCUT2D eigenvalue weighted by Crippen LogP contribution is -2.41. The molecule has 1 heterocycles. The molecule has 0 spiro atoms. The van der Waals surface area contributed by atoms with Gasteiger partial charge < -0.3 is 10.1 Å². The summed E-state index contributed by atoms with van der Waals surface area (Å²) in [6, 6.07) is 0.0895. The topological polar surface area (TPSA) is 38.3 Å². The van der Waals surface area contributed by atoms with Crippen LogP contribution in [0.25, 0.3) is 0 Å². The number of nitrogens with one attached hydrogen (secondary N) is 1. The minimum Gasteiger partial charge on any atom is -0.376 e. The molecule has 1 amide bonds. The van der Waals surface area contributed by atoms with Crippen molar-refractivity contribution in [1.29, 1.82) is 0 Å². The van der Waals surface area contributed by atoms with Crippen molar-refractivity contribution < 1.29 is 9.53 Å². The molecule has 1 aliphatic rings. The van der Waals surface area contributed by atoms with Crippen LogP contribution in [-0.4, -0.2) is 24.7 Å². The summed E-state index contributed by atoms with van der Waals surface area (Å²) in [6.07, 6.45) is 2.32. The normalized spacial score (nSPS) is 24.0. The van der Waals surface area contributed by atoms with E-state index in [1.165, 1.54) is 0 Å². The summed E-state index contributed by atoms with van der Waals surface area (Å²) in [5.74, 6) is -0.0806. The number of ether oxygens (including phenoxy) is 1. The average molecular weight is 183 g/mol. The molecule has 74 valence electrons. The first-order valence-electron chi connectivity index (χ1n) is 4.69. The van der Waals surface area contributed by atoms with Gasteiger partial charge in [0, 0.05) is 12.2 Å². The van der Waals surface area contributed by atoms with Crippen molar-refractivity contribution in [2.45, 2.75) is 38.8 Å². The maximum absolute atomic E-state index is 11.2. The van der Waals surface area contributed by atoms with Gasteiger partial charge in [0.1, 0.15) is 0 Å². The van der Waals surface area contributed by atoms with Gasteiger partial charge in [-0.3, -0.25) is 4.79 Å². The minimum atomic E-state index is -0.0806. The third kappa shape index (κ3) is 2.84. The predicted molar refractivity (Wildman–Crippen MR) is 51.4 cm³/mol. The van der Waals surface area contributed by atoms with E-state index in [-0.39, 0.29) is 18.1 Å². The van der Waals surface area contributed by atoms with Gasteiger partial charge in [-0.25, -0.2) is 0 Å². The maximum Gasteiger partial charge on any atom is 0.246 e. The Bertz CT molecular complexity index is 207. The second-order valence-corrected chi connectivity index (χ2v) is 3.59. The van der Waals surface area contributed by atoms with Gasteiger partial charge in [0.25, 0.3) is 0 Å². The summed E-state index contributed by atoms with van der Waals surface area (Å²) in [5, 5.41) is 2.86. The van der Waals surface area contributed by atoms with Gasteiger partial charge in [-0.2, -0.15) is 0 Å². The van der Waals surface area contributed by atoms with Crippen LogP contribution in [-0.2, 0) is 9.53 Å². The highest BCUT2D eigenvalue weighted by atomic mass is 16.5. The molecule has 2 atom stereocenters. The highest BCUT2D eigenvalue weighted by Gasteiger charge is 2.23. The predicted octanol–water partition coefficient (Wildman–Crippen LogP) is 1.25. The molecule has 0 radical (unpaired) electrons. The highest BCUT2D eigenvalue weighted by Crippen LogP contribution is 2.15. The Labute approximate surface area is 79.2 Å². The van der Waals surface area contributed by atoms with E-state index in [9.17, 15) is 4.79 Å². The van der Waals surface area contributed by atoms with Gasteiger partial charge in [-0.1, -0.05) is 6.58 Å². The standard InChI is InChI=1S/C10H17NO2/c1-7(2)10(12)11-8(3)9-5-4-6-13-9/h8-9H,1,4-6H2,2-3H3,(H,11,12). The number of amides is 1. The zero-order valence-electron chi connectivity index (χ0n) is 8.30. The van der Waals surface area contributed by atoms with E-state index in [4.69, 9.17) is 4.74 Å². The molecule has 3 nitrogen and oxygen atoms in total. The number of hydrogen-bond acceptors (Lipinski definition) is 2. The van der Waals surface area contributed by atoms with Gasteiger partial charge >= 0.3 is 0 Å². The molecule has 2 unspecified atom stereocenters. The van der Waals surface area contributed by atoms with Crippen LogP contribution in [0.2, 0.25) is 0 Å². The average Bonchev–Trinajstić information content (AvgIpc) is 2.55. The molecule has 3 heteroatoms. The quantitative estimate of drug-likeness (QED) is 0.669. The van der Waals surface area contributed by atoms with Gasteiger partial charge in [0.2, 0.25) is 5.91 Å². The fourth-order valence-corrected chi connectivity index (χ4v) is 1.42. The summed E-state index contributed by atoms with van der Waals surface area (Å²) in [5.41, 5.74) is 0.546. The van der Waals surface area contributed by atoms with E-state index >= 15 is 0 Å². The van der Waals surface area contributed by atoms with Crippen LogP contribution in [0.15, 0.2) is 12.2 Å². The number of carbonyl (C=O) groups is 1. The van der Waals surface area contributed by atoms with Crippen molar-refractivity contribution in [3.63, 3.8) is 0 Å². The van der Waals surface area contributed by atoms with E-state index < -0.39 is 0 Å². The monoisotopic (exact) mass is 183 g/mol. The van der Waals surface area contributed by atoms with Crippen molar-refractivity contribution in [1.82, 2.24) is 5.32 Å². The summed E-state index contributed by atoms with van der Waals surface area (Å²) in [4.78, 5) is 11.2. The summed E-state index contributed by atoms with van der Waals surface area (Å²) in [6.45, 7) is 8.07. The lowest BCUT2D eigenvalue weighted by Gasteiger charge is -2.19. The molecule has 0 aromatic carbocycles. The largest absolute Gasteiger partial charge is 0.376 e. The maximum atomic E-state index is 11.2. The molecule has 0 bridgehead atoms. The zero-order chi connectivity index (χ0) is 9.84. The van der Waals surface area contributed by atoms with Crippen LogP contribution in [0.1, 0.15) is 26.7 Å². The number of hydrogen-bond donors (Lipinski definition) is 1. The first-order valence-corrected chi connectivity index (χ1v) is 4.69. The molecule has 0 aliphatic carbocycles. The molecular formula is C10H17NO2. The van der Waals surface area contributed by atoms with Crippen LogP contribution in [0, 0.1) is 0 Å². The van der Waals surface area contributed by atoms with Crippen LogP contribution < -0.4 is 5.32 Å². The van der Waals surface area contributed by atoms with Crippen LogP contribution >= 0.6 is 0 Å². The third-order valence-corrected chi connectivity index (χ3v) is 2.27. The molecule has 1 fully saturated rings. The lowest BCUT2D eigenvalue weighted by molar-refractivity contribution is -0.118. The van der Waals surface area contributed by atoms with E-state index in [0.717, 1.165) is 19.4 Å². The lowest BCUT2D eigenvalue weighted by atomic mass is 10.1. The molecule has 0 saturated carbocycles. The number of rotatable bonds is 3. The van der Waals surface area contributed by atoms with Crippen molar-refractivity contribution >= 4 is 5.91 Å². The molecule has 13 heavy (non-hydrogen) atoms. The highest BCUT2D eigenvalue weighted by molar-refractivity contribution is 5.92. The Balaban J connectivity index is 2.35. The van der Waals surface area contributed by atoms with Crippen molar-refractivity contribution in [2.24, 2.45) is 0 Å². The van der Waals surface area contributed by atoms with Crippen molar-refractivity contribution in [3.8, 4) is 0 Å². The van der Waals surface area contributed by atoms with Gasteiger partial charge in [0.15, 0.2) is 0 Å². The third-order valence-electron chi connectivity index (χ3n) is 2.27. The van der Waals surface area contributed by atoms with Crippen molar-refractivity contribution in [3.05, 3.63) is 12.2 Å². The molecule has 0 aromatic heterocycles. The Morgan fingerprint density at radius 2 is 2.38 bits per heavy atom. The van der Waals surface area contributed by atoms with Crippen LogP contribution in [0.4, 0.5) is 0 Å². The van der Waals surface area contributed by atoms with Gasteiger partial charge in [-0.05, 0) is 26.7 Å². The first kappa shape index (κ1) is 10.3. The van der Waals surface area contributed by atoms with Crippen molar-refractivity contribution in [2.75, 3.05) is 6.61 Å². The van der Waals surface area contributed by atoms with Crippen LogP contribution in [0.5, 0.6) is 0 Å². The van der Waals surface area contributed by atoms with Gasteiger partial charge in [-0.15, -0.1) is 0 Å². The molecule has 1 saturated heterocycles. The SMILES string of the molecule is C=C(C)C(=O)NC(C)C1CCCO1. The Morgan fingerprint density at radius 1 is 1.69 bits per heavy atom. The fourth-order valence-electron chi connectivity index (χ4n) is 1.42. The summed E-state index contributed by atoms with van der Waals surface area (Å²) >= 11 is 0. The van der Waals surface area contributed by atoms with Crippen LogP contribution in [0.3, 0.4) is 0 Å². The molecular weight excluding hydrogens is 166 g/mol. The second-order valence-electron chi connectivity index (χ2n) is 3.59. The van der Waals surface area contributed by atoms with E-state index in [1.807, 2.05) is 6.92 Å². The Kier molecular flexibility index (Phi) is 3.48. The fraction of sp³-hybridized carbons (Fsp3) is 0.700. The Hall–Kier alpha value is -0.830. The number of carbonyl (C=O) groups excluding carboxylic acids is 1. The zero-order valence-corrected chi connectivity index (χ0v) is 8.30. The summed E-state index contributed by atoms with van der Waals surface area (Å²) < 4.78 is 5.45. The molecule has 0 aromatic rings. The molecule has 1 N–H and O–H groups in total. The van der Waals surface area contributed by atoms with Gasteiger partial charge in [0.05, 0.1) is 12.1 Å². The first-order chi connectivity index (χ1) is 6.11.